The Kier molecular flexibility index (Phi) is 6.69. The van der Waals surface area contributed by atoms with Gasteiger partial charge >= 0.3 is 0 Å². The first kappa shape index (κ1) is 20.6. The van der Waals surface area contributed by atoms with Crippen molar-refractivity contribution in [1.82, 2.24) is 5.43 Å². The molecule has 8 heteroatoms. The minimum Gasteiger partial charge on any atom is -0.507 e. The van der Waals surface area contributed by atoms with Gasteiger partial charge in [0.05, 0.1) is 16.8 Å². The highest BCUT2D eigenvalue weighted by Gasteiger charge is 2.10. The van der Waals surface area contributed by atoms with E-state index in [2.05, 4.69) is 10.5 Å². The average molecular weight is 433 g/mol. The van der Waals surface area contributed by atoms with E-state index in [0.29, 0.717) is 26.9 Å². The molecule has 3 rings (SSSR count). The van der Waals surface area contributed by atoms with Crippen molar-refractivity contribution in [2.75, 3.05) is 0 Å². The van der Waals surface area contributed by atoms with Gasteiger partial charge in [0.2, 0.25) is 0 Å². The summed E-state index contributed by atoms with van der Waals surface area (Å²) < 4.78 is 18.7. The van der Waals surface area contributed by atoms with E-state index in [1.165, 1.54) is 36.5 Å². The second kappa shape index (κ2) is 9.41. The second-order valence-electron chi connectivity index (χ2n) is 5.95. The van der Waals surface area contributed by atoms with Crippen molar-refractivity contribution in [2.24, 2.45) is 5.10 Å². The van der Waals surface area contributed by atoms with Crippen LogP contribution < -0.4 is 10.2 Å². The molecule has 3 aromatic carbocycles. The van der Waals surface area contributed by atoms with E-state index in [0.717, 1.165) is 0 Å². The Balaban J connectivity index is 1.56. The number of nitrogens with one attached hydrogen (secondary N) is 1. The van der Waals surface area contributed by atoms with E-state index in [1.807, 2.05) is 0 Å². The number of hydrazone groups is 1. The van der Waals surface area contributed by atoms with E-state index in [9.17, 15) is 14.3 Å². The lowest BCUT2D eigenvalue weighted by atomic mass is 10.2. The number of carbonyl (C=O) groups excluding carboxylic acids is 1. The monoisotopic (exact) mass is 432 g/mol. The van der Waals surface area contributed by atoms with Crippen LogP contribution in [-0.4, -0.2) is 17.2 Å². The molecule has 0 spiro atoms. The first-order valence-electron chi connectivity index (χ1n) is 8.41. The molecule has 0 aromatic heterocycles. The highest BCUT2D eigenvalue weighted by molar-refractivity contribution is 6.31. The maximum absolute atomic E-state index is 13.1. The van der Waals surface area contributed by atoms with Crippen LogP contribution in [0, 0.1) is 5.82 Å². The fraction of sp³-hybridized carbons (Fsp3) is 0.0476. The van der Waals surface area contributed by atoms with E-state index < -0.39 is 11.7 Å². The van der Waals surface area contributed by atoms with E-state index in [-0.39, 0.29) is 17.9 Å². The molecule has 0 bridgehead atoms. The van der Waals surface area contributed by atoms with Gasteiger partial charge in [-0.3, -0.25) is 4.79 Å². The van der Waals surface area contributed by atoms with Crippen LogP contribution in [0.4, 0.5) is 4.39 Å². The Hall–Kier alpha value is -3.09. The third-order valence-electron chi connectivity index (χ3n) is 3.87. The van der Waals surface area contributed by atoms with Crippen LogP contribution in [0.15, 0.2) is 65.8 Å². The molecule has 0 atom stereocenters. The zero-order valence-corrected chi connectivity index (χ0v) is 16.4. The van der Waals surface area contributed by atoms with Gasteiger partial charge in [0.1, 0.15) is 23.9 Å². The predicted octanol–water partition coefficient (Wildman–Crippen LogP) is 5.18. The molecule has 0 saturated carbocycles. The summed E-state index contributed by atoms with van der Waals surface area (Å²) in [6.45, 7) is 0.200. The number of aromatic hydroxyl groups is 1. The molecule has 3 aromatic rings. The number of amides is 1. The molecule has 5 nitrogen and oxygen atoms in total. The number of carbonyl (C=O) groups is 1. The molecule has 1 amide bonds. The number of halogens is 3. The van der Waals surface area contributed by atoms with Crippen LogP contribution in [0.1, 0.15) is 21.5 Å². The van der Waals surface area contributed by atoms with Crippen LogP contribution in [0.2, 0.25) is 10.0 Å². The van der Waals surface area contributed by atoms with Crippen LogP contribution in [0.3, 0.4) is 0 Å². The van der Waals surface area contributed by atoms with E-state index >= 15 is 0 Å². The topological polar surface area (TPSA) is 70.9 Å². The summed E-state index contributed by atoms with van der Waals surface area (Å²) in [5, 5.41) is 14.2. The van der Waals surface area contributed by atoms with Crippen molar-refractivity contribution in [2.45, 2.75) is 6.61 Å². The minimum atomic E-state index is -0.586. The zero-order valence-electron chi connectivity index (χ0n) is 14.9. The lowest BCUT2D eigenvalue weighted by Gasteiger charge is -2.08. The molecule has 0 aliphatic heterocycles. The number of nitrogens with zero attached hydrogens (tertiary/aromatic N) is 1. The lowest BCUT2D eigenvalue weighted by molar-refractivity contribution is 0.0952. The fourth-order valence-electron chi connectivity index (χ4n) is 2.37. The number of hydrogen-bond acceptors (Lipinski definition) is 4. The number of phenolic OH excluding ortho intramolecular Hbond substituents is 1. The highest BCUT2D eigenvalue weighted by atomic mass is 35.5. The van der Waals surface area contributed by atoms with Gasteiger partial charge < -0.3 is 9.84 Å². The maximum atomic E-state index is 13.1. The van der Waals surface area contributed by atoms with Crippen LogP contribution in [-0.2, 0) is 6.61 Å². The molecule has 0 aliphatic rings. The van der Waals surface area contributed by atoms with E-state index in [4.69, 9.17) is 27.9 Å². The van der Waals surface area contributed by atoms with Gasteiger partial charge in [-0.25, -0.2) is 9.82 Å². The molecule has 148 valence electrons. The Labute approximate surface area is 176 Å². The van der Waals surface area contributed by atoms with Gasteiger partial charge in [0.25, 0.3) is 5.91 Å². The molecule has 29 heavy (non-hydrogen) atoms. The Bertz CT molecular complexity index is 1060. The van der Waals surface area contributed by atoms with Gasteiger partial charge in [-0.05, 0) is 60.2 Å². The summed E-state index contributed by atoms with van der Waals surface area (Å²) in [6.07, 6.45) is 1.44. The Morgan fingerprint density at radius 1 is 1.10 bits per heavy atom. The molecule has 0 radical (unpaired) electrons. The molecular formula is C21H15Cl2FN2O3. The van der Waals surface area contributed by atoms with Gasteiger partial charge in [-0.15, -0.1) is 0 Å². The fourth-order valence-corrected chi connectivity index (χ4v) is 2.76. The number of benzene rings is 3. The second-order valence-corrected chi connectivity index (χ2v) is 6.80. The molecule has 2 N–H and O–H groups in total. The summed E-state index contributed by atoms with van der Waals surface area (Å²) in [7, 11) is 0. The van der Waals surface area contributed by atoms with Crippen molar-refractivity contribution in [3.05, 3.63) is 93.2 Å². The summed E-state index contributed by atoms with van der Waals surface area (Å²) in [4.78, 5) is 12.0. The quantitative estimate of drug-likeness (QED) is 0.416. The van der Waals surface area contributed by atoms with Crippen molar-refractivity contribution < 1.29 is 19.0 Å². The molecule has 0 fully saturated rings. The first-order valence-corrected chi connectivity index (χ1v) is 9.16. The lowest BCUT2D eigenvalue weighted by Crippen LogP contribution is -2.17. The third-order valence-corrected chi connectivity index (χ3v) is 4.46. The largest absolute Gasteiger partial charge is 0.507 e. The smallest absolute Gasteiger partial charge is 0.275 e. The highest BCUT2D eigenvalue weighted by Crippen LogP contribution is 2.22. The Morgan fingerprint density at radius 2 is 1.86 bits per heavy atom. The summed E-state index contributed by atoms with van der Waals surface area (Å²) >= 11 is 11.8. The number of ether oxygens (including phenoxy) is 1. The van der Waals surface area contributed by atoms with Gasteiger partial charge in [0.15, 0.2) is 0 Å². The predicted molar refractivity (Wildman–Crippen MR) is 110 cm³/mol. The number of phenols is 1. The van der Waals surface area contributed by atoms with Crippen LogP contribution in [0.25, 0.3) is 0 Å². The maximum Gasteiger partial charge on any atom is 0.275 e. The summed E-state index contributed by atoms with van der Waals surface area (Å²) in [5.74, 6) is -0.585. The standard InChI is InChI=1S/C21H15Cl2FN2O3/c22-15-4-8-20(27)18(9-15)21(28)26-25-11-13-1-6-17(7-2-13)29-12-14-3-5-16(24)10-19(14)23/h1-11,27H,12H2,(H,26,28). The molecule has 0 unspecified atom stereocenters. The van der Waals surface area contributed by atoms with Crippen molar-refractivity contribution in [3.63, 3.8) is 0 Å². The normalized spacial score (nSPS) is 10.9. The van der Waals surface area contributed by atoms with Gasteiger partial charge in [-0.2, -0.15) is 5.10 Å². The van der Waals surface area contributed by atoms with Crippen molar-refractivity contribution in [1.29, 1.82) is 0 Å². The SMILES string of the molecule is O=C(NN=Cc1ccc(OCc2ccc(F)cc2Cl)cc1)c1cc(Cl)ccc1O. The number of rotatable bonds is 6. The van der Waals surface area contributed by atoms with Crippen molar-refractivity contribution in [3.8, 4) is 11.5 Å². The van der Waals surface area contributed by atoms with E-state index in [1.54, 1.807) is 30.3 Å². The summed E-state index contributed by atoms with van der Waals surface area (Å²) in [6, 6.07) is 15.2. The number of hydrogen-bond donors (Lipinski definition) is 2. The molecular weight excluding hydrogens is 418 g/mol. The van der Waals surface area contributed by atoms with Crippen LogP contribution in [0.5, 0.6) is 11.5 Å². The molecule has 0 saturated heterocycles. The average Bonchev–Trinajstić information content (AvgIpc) is 2.70. The van der Waals surface area contributed by atoms with Crippen molar-refractivity contribution >= 4 is 35.3 Å². The first-order chi connectivity index (χ1) is 13.9. The van der Waals surface area contributed by atoms with Crippen LogP contribution >= 0.6 is 23.2 Å². The minimum absolute atomic E-state index is 0.0258. The summed E-state index contributed by atoms with van der Waals surface area (Å²) in [5.41, 5.74) is 3.74. The Morgan fingerprint density at radius 3 is 2.59 bits per heavy atom. The zero-order chi connectivity index (χ0) is 20.8. The molecule has 0 heterocycles. The van der Waals surface area contributed by atoms with Gasteiger partial charge in [0, 0.05) is 10.6 Å². The van der Waals surface area contributed by atoms with Gasteiger partial charge in [-0.1, -0.05) is 29.3 Å². The molecule has 0 aliphatic carbocycles. The third kappa shape index (κ3) is 5.70.